The molecule has 0 unspecified atom stereocenters. The first-order valence-electron chi connectivity index (χ1n) is 10.00. The van der Waals surface area contributed by atoms with Gasteiger partial charge >= 0.3 is 0 Å². The lowest BCUT2D eigenvalue weighted by Crippen LogP contribution is -2.11. The van der Waals surface area contributed by atoms with Crippen LogP contribution >= 0.6 is 11.6 Å². The maximum absolute atomic E-state index is 12.5. The number of ether oxygens (including phenoxy) is 1. The molecule has 7 nitrogen and oxygen atoms in total. The monoisotopic (exact) mass is 452 g/mol. The Kier molecular flexibility index (Phi) is 7.33. The molecular formula is C24H25ClN4O3. The van der Waals surface area contributed by atoms with Gasteiger partial charge in [0.2, 0.25) is 11.8 Å². The molecule has 2 amide bonds. The third kappa shape index (κ3) is 5.76. The lowest BCUT2D eigenvalue weighted by atomic mass is 10.1. The van der Waals surface area contributed by atoms with Gasteiger partial charge in [0.15, 0.2) is 0 Å². The average Bonchev–Trinajstić information content (AvgIpc) is 3.00. The molecule has 1 heterocycles. The summed E-state index contributed by atoms with van der Waals surface area (Å²) >= 11 is 6.53. The molecule has 0 bridgehead atoms. The number of hydrogen-bond donors (Lipinski definition) is 2. The van der Waals surface area contributed by atoms with Crippen LogP contribution in [-0.2, 0) is 16.1 Å². The zero-order valence-electron chi connectivity index (χ0n) is 18.4. The standard InChI is InChI=1S/C24H25ClN4O3/c1-15-5-7-18(8-6-15)14-29-24(25)20(16(2)28-29)10-12-23(31)27-21-13-19(26-17(3)30)9-11-22(21)32-4/h5-13H,14H2,1-4H3,(H,26,30)(H,27,31)/b12-10+. The molecule has 3 rings (SSSR count). The molecule has 0 aliphatic rings. The summed E-state index contributed by atoms with van der Waals surface area (Å²) in [6.45, 7) is 5.83. The Balaban J connectivity index is 1.75. The summed E-state index contributed by atoms with van der Waals surface area (Å²) in [5, 5.41) is 10.4. The number of amides is 2. The quantitative estimate of drug-likeness (QED) is 0.503. The molecule has 3 aromatic rings. The van der Waals surface area contributed by atoms with E-state index in [1.807, 2.05) is 38.1 Å². The highest BCUT2D eigenvalue weighted by molar-refractivity contribution is 6.31. The molecule has 0 spiro atoms. The van der Waals surface area contributed by atoms with E-state index in [2.05, 4.69) is 15.7 Å². The normalized spacial score (nSPS) is 10.9. The van der Waals surface area contributed by atoms with Crippen LogP contribution in [0.2, 0.25) is 5.15 Å². The molecule has 32 heavy (non-hydrogen) atoms. The van der Waals surface area contributed by atoms with Crippen LogP contribution < -0.4 is 15.4 Å². The van der Waals surface area contributed by atoms with E-state index in [4.69, 9.17) is 16.3 Å². The third-order valence-corrected chi connectivity index (χ3v) is 5.14. The summed E-state index contributed by atoms with van der Waals surface area (Å²) in [5.41, 5.74) is 4.65. The predicted octanol–water partition coefficient (Wildman–Crippen LogP) is 4.82. The second-order valence-electron chi connectivity index (χ2n) is 7.35. The van der Waals surface area contributed by atoms with E-state index in [0.29, 0.717) is 34.4 Å². The second-order valence-corrected chi connectivity index (χ2v) is 7.71. The molecule has 0 aliphatic heterocycles. The van der Waals surface area contributed by atoms with Crippen molar-refractivity contribution in [1.29, 1.82) is 0 Å². The molecule has 0 atom stereocenters. The molecule has 2 N–H and O–H groups in total. The smallest absolute Gasteiger partial charge is 0.248 e. The minimum atomic E-state index is -0.370. The Morgan fingerprint density at radius 2 is 1.84 bits per heavy atom. The van der Waals surface area contributed by atoms with Crippen molar-refractivity contribution in [2.45, 2.75) is 27.3 Å². The van der Waals surface area contributed by atoms with Gasteiger partial charge in [-0.15, -0.1) is 0 Å². The number of benzene rings is 2. The number of nitrogens with one attached hydrogen (secondary N) is 2. The minimum absolute atomic E-state index is 0.208. The topological polar surface area (TPSA) is 85.2 Å². The van der Waals surface area contributed by atoms with Crippen LogP contribution in [-0.4, -0.2) is 28.7 Å². The highest BCUT2D eigenvalue weighted by Gasteiger charge is 2.13. The molecule has 0 saturated carbocycles. The largest absolute Gasteiger partial charge is 0.495 e. The van der Waals surface area contributed by atoms with E-state index < -0.39 is 0 Å². The number of aryl methyl sites for hydroxylation is 2. The Morgan fingerprint density at radius 3 is 2.50 bits per heavy atom. The highest BCUT2D eigenvalue weighted by Crippen LogP contribution is 2.28. The van der Waals surface area contributed by atoms with Crippen molar-refractivity contribution < 1.29 is 14.3 Å². The fourth-order valence-corrected chi connectivity index (χ4v) is 3.45. The summed E-state index contributed by atoms with van der Waals surface area (Å²) in [5.74, 6) is -0.105. The van der Waals surface area contributed by atoms with E-state index >= 15 is 0 Å². The predicted molar refractivity (Wildman–Crippen MR) is 127 cm³/mol. The molecule has 166 valence electrons. The Morgan fingerprint density at radius 1 is 1.12 bits per heavy atom. The fraction of sp³-hybridized carbons (Fsp3) is 0.208. The maximum atomic E-state index is 12.5. The van der Waals surface area contributed by atoms with Gasteiger partial charge < -0.3 is 15.4 Å². The van der Waals surface area contributed by atoms with Crippen molar-refractivity contribution in [2.24, 2.45) is 0 Å². The third-order valence-electron chi connectivity index (χ3n) is 4.74. The number of anilines is 2. The van der Waals surface area contributed by atoms with Crippen LogP contribution in [0.5, 0.6) is 5.75 Å². The molecule has 8 heteroatoms. The highest BCUT2D eigenvalue weighted by atomic mass is 35.5. The van der Waals surface area contributed by atoms with Crippen LogP contribution in [0.3, 0.4) is 0 Å². The average molecular weight is 453 g/mol. The van der Waals surface area contributed by atoms with Gasteiger partial charge in [0.1, 0.15) is 10.9 Å². The van der Waals surface area contributed by atoms with Crippen molar-refractivity contribution in [2.75, 3.05) is 17.7 Å². The van der Waals surface area contributed by atoms with E-state index in [0.717, 1.165) is 11.3 Å². The first-order valence-corrected chi connectivity index (χ1v) is 10.4. The van der Waals surface area contributed by atoms with Crippen molar-refractivity contribution in [3.05, 3.63) is 76.1 Å². The molecule has 0 aliphatic carbocycles. The Labute approximate surface area is 192 Å². The van der Waals surface area contributed by atoms with Gasteiger partial charge in [0.25, 0.3) is 0 Å². The van der Waals surface area contributed by atoms with Crippen LogP contribution in [0.25, 0.3) is 6.08 Å². The number of hydrogen-bond acceptors (Lipinski definition) is 4. The van der Waals surface area contributed by atoms with Gasteiger partial charge in [-0.2, -0.15) is 5.10 Å². The number of methoxy groups -OCH3 is 1. The van der Waals surface area contributed by atoms with E-state index in [1.54, 1.807) is 29.0 Å². The second kappa shape index (κ2) is 10.2. The van der Waals surface area contributed by atoms with Crippen LogP contribution in [0.15, 0.2) is 48.5 Å². The summed E-state index contributed by atoms with van der Waals surface area (Å²) in [4.78, 5) is 23.8. The van der Waals surface area contributed by atoms with Crippen LogP contribution in [0, 0.1) is 13.8 Å². The SMILES string of the molecule is COc1ccc(NC(C)=O)cc1NC(=O)/C=C/c1c(C)nn(Cc2ccc(C)cc2)c1Cl. The lowest BCUT2D eigenvalue weighted by molar-refractivity contribution is -0.114. The van der Waals surface area contributed by atoms with Gasteiger partial charge in [-0.25, -0.2) is 4.68 Å². The van der Waals surface area contributed by atoms with E-state index in [-0.39, 0.29) is 11.8 Å². The van der Waals surface area contributed by atoms with Gasteiger partial charge in [0, 0.05) is 24.3 Å². The summed E-state index contributed by atoms with van der Waals surface area (Å²) in [7, 11) is 1.50. The van der Waals surface area contributed by atoms with Gasteiger partial charge in [-0.05, 0) is 43.7 Å². The summed E-state index contributed by atoms with van der Waals surface area (Å²) in [6.07, 6.45) is 3.02. The van der Waals surface area contributed by atoms with E-state index in [1.165, 1.54) is 25.7 Å². The van der Waals surface area contributed by atoms with E-state index in [9.17, 15) is 9.59 Å². The van der Waals surface area contributed by atoms with Crippen molar-refractivity contribution in [1.82, 2.24) is 9.78 Å². The Hall–Kier alpha value is -3.58. The number of nitrogens with zero attached hydrogens (tertiary/aromatic N) is 2. The number of aromatic nitrogens is 2. The number of halogens is 1. The molecule has 2 aromatic carbocycles. The fourth-order valence-electron chi connectivity index (χ4n) is 3.15. The molecule has 0 fully saturated rings. The molecule has 0 saturated heterocycles. The van der Waals surface area contributed by atoms with Crippen LogP contribution in [0.1, 0.15) is 29.3 Å². The van der Waals surface area contributed by atoms with Gasteiger partial charge in [-0.3, -0.25) is 9.59 Å². The molecule has 0 radical (unpaired) electrons. The molecular weight excluding hydrogens is 428 g/mol. The van der Waals surface area contributed by atoms with Crippen molar-refractivity contribution in [3.8, 4) is 5.75 Å². The first-order chi connectivity index (χ1) is 15.3. The number of rotatable bonds is 7. The van der Waals surface area contributed by atoms with Gasteiger partial charge in [-0.1, -0.05) is 41.4 Å². The van der Waals surface area contributed by atoms with Crippen LogP contribution in [0.4, 0.5) is 11.4 Å². The van der Waals surface area contributed by atoms with Crippen molar-refractivity contribution in [3.63, 3.8) is 0 Å². The molecule has 1 aromatic heterocycles. The lowest BCUT2D eigenvalue weighted by Gasteiger charge is -2.11. The zero-order chi connectivity index (χ0) is 23.3. The van der Waals surface area contributed by atoms with Crippen molar-refractivity contribution >= 4 is 40.9 Å². The Bertz CT molecular complexity index is 1170. The first kappa shape index (κ1) is 23.1. The minimum Gasteiger partial charge on any atom is -0.495 e. The summed E-state index contributed by atoms with van der Waals surface area (Å²) < 4.78 is 7.00. The number of carbonyl (C=O) groups excluding carboxylic acids is 2. The van der Waals surface area contributed by atoms with Gasteiger partial charge in [0.05, 0.1) is 25.0 Å². The summed E-state index contributed by atoms with van der Waals surface area (Å²) in [6, 6.07) is 13.1. The zero-order valence-corrected chi connectivity index (χ0v) is 19.2. The number of carbonyl (C=O) groups is 2. The maximum Gasteiger partial charge on any atom is 0.248 e.